The molecule has 0 aliphatic carbocycles. The lowest BCUT2D eigenvalue weighted by Crippen LogP contribution is -2.60. The van der Waals surface area contributed by atoms with Crippen molar-refractivity contribution in [1.29, 1.82) is 0 Å². The average Bonchev–Trinajstić information content (AvgIpc) is 2.80. The van der Waals surface area contributed by atoms with Gasteiger partial charge in [0.25, 0.3) is 0 Å². The molecular weight excluding hydrogens is 440 g/mol. The molecule has 11 nitrogen and oxygen atoms in total. The summed E-state index contributed by atoms with van der Waals surface area (Å²) in [4.78, 5) is 13.0. The topological polar surface area (TPSA) is 179 Å². The predicted octanol–water partition coefficient (Wildman–Crippen LogP) is 0.0585. The van der Waals surface area contributed by atoms with Crippen molar-refractivity contribution >= 4 is 11.0 Å². The molecule has 1 fully saturated rings. The summed E-state index contributed by atoms with van der Waals surface area (Å²) in [7, 11) is 1.37. The predicted molar refractivity (Wildman–Crippen MR) is 112 cm³/mol. The summed E-state index contributed by atoms with van der Waals surface area (Å²) in [5, 5.41) is 58.8. The van der Waals surface area contributed by atoms with Crippen LogP contribution in [0.3, 0.4) is 0 Å². The fourth-order valence-corrected chi connectivity index (χ4v) is 3.55. The minimum atomic E-state index is -1.68. The molecule has 0 bridgehead atoms. The Balaban J connectivity index is 1.79. The fourth-order valence-electron chi connectivity index (χ4n) is 3.55. The van der Waals surface area contributed by atoms with E-state index in [-0.39, 0.29) is 34.0 Å². The number of aliphatic hydroxyl groups is 4. The standard InChI is InChI=1S/C22H22O11/c1-30-10-5-15-18(13(26)7-14(31-15)9-2-3-11(24)12(25)4-9)16(6-10)32-22-21(29)20(28)19(27)17(8-23)33-22/h2-7,17,19-25,27-29H,8H2,1H3/t17-,19+,20-,21+,22+/m0/s1. The minimum Gasteiger partial charge on any atom is -0.504 e. The molecular formula is C22H22O11. The molecule has 0 amide bonds. The van der Waals surface area contributed by atoms with Crippen molar-refractivity contribution in [2.75, 3.05) is 13.7 Å². The van der Waals surface area contributed by atoms with Gasteiger partial charge < -0.3 is 49.3 Å². The maximum atomic E-state index is 13.0. The van der Waals surface area contributed by atoms with E-state index in [4.69, 9.17) is 18.6 Å². The zero-order valence-electron chi connectivity index (χ0n) is 17.3. The van der Waals surface area contributed by atoms with E-state index in [9.17, 15) is 35.4 Å². The van der Waals surface area contributed by atoms with Crippen LogP contribution in [-0.4, -0.2) is 75.1 Å². The van der Waals surface area contributed by atoms with Gasteiger partial charge in [-0.3, -0.25) is 4.79 Å². The minimum absolute atomic E-state index is 0.0282. The normalized spacial score (nSPS) is 25.2. The largest absolute Gasteiger partial charge is 0.504 e. The van der Waals surface area contributed by atoms with Gasteiger partial charge in [0.05, 0.1) is 13.7 Å². The van der Waals surface area contributed by atoms with Crippen molar-refractivity contribution in [3.05, 3.63) is 46.6 Å². The molecule has 0 spiro atoms. The lowest BCUT2D eigenvalue weighted by atomic mass is 9.99. The van der Waals surface area contributed by atoms with Crippen LogP contribution in [0, 0.1) is 0 Å². The number of benzene rings is 2. The molecule has 3 aromatic rings. The Labute approximate surface area is 186 Å². The highest BCUT2D eigenvalue weighted by atomic mass is 16.7. The van der Waals surface area contributed by atoms with Crippen LogP contribution in [0.15, 0.2) is 45.6 Å². The number of aliphatic hydroxyl groups excluding tert-OH is 4. The van der Waals surface area contributed by atoms with Crippen LogP contribution in [0.4, 0.5) is 0 Å². The molecule has 6 N–H and O–H groups in total. The zero-order chi connectivity index (χ0) is 23.9. The van der Waals surface area contributed by atoms with Gasteiger partial charge in [0, 0.05) is 23.8 Å². The van der Waals surface area contributed by atoms with Crippen LogP contribution in [-0.2, 0) is 4.74 Å². The fraction of sp³-hybridized carbons (Fsp3) is 0.318. The Morgan fingerprint density at radius 3 is 2.39 bits per heavy atom. The molecule has 2 aromatic carbocycles. The Hall–Kier alpha value is -3.35. The van der Waals surface area contributed by atoms with Gasteiger partial charge in [-0.25, -0.2) is 0 Å². The van der Waals surface area contributed by atoms with Crippen molar-refractivity contribution < 1.29 is 49.3 Å². The summed E-state index contributed by atoms with van der Waals surface area (Å²) in [5.74, 6) is -0.500. The zero-order valence-corrected chi connectivity index (χ0v) is 17.3. The van der Waals surface area contributed by atoms with E-state index in [0.717, 1.165) is 6.07 Å². The molecule has 11 heteroatoms. The van der Waals surface area contributed by atoms with Crippen LogP contribution in [0.25, 0.3) is 22.3 Å². The first kappa shape index (κ1) is 22.8. The second kappa shape index (κ2) is 8.89. The summed E-state index contributed by atoms with van der Waals surface area (Å²) in [5.41, 5.74) is -0.173. The van der Waals surface area contributed by atoms with Crippen LogP contribution in [0.2, 0.25) is 0 Å². The van der Waals surface area contributed by atoms with Crippen molar-refractivity contribution in [3.63, 3.8) is 0 Å². The van der Waals surface area contributed by atoms with Crippen LogP contribution in [0.5, 0.6) is 23.0 Å². The summed E-state index contributed by atoms with van der Waals surface area (Å²) >= 11 is 0. The van der Waals surface area contributed by atoms with Gasteiger partial charge in [0.1, 0.15) is 52.6 Å². The number of phenolic OH excluding ortho intramolecular Hbond substituents is 2. The summed E-state index contributed by atoms with van der Waals surface area (Å²) in [6, 6.07) is 7.86. The molecule has 1 aliphatic heterocycles. The molecule has 1 saturated heterocycles. The Kier molecular flexibility index (Phi) is 6.15. The molecule has 33 heavy (non-hydrogen) atoms. The van der Waals surface area contributed by atoms with Crippen molar-refractivity contribution in [2.45, 2.75) is 30.7 Å². The van der Waals surface area contributed by atoms with Gasteiger partial charge in [-0.2, -0.15) is 0 Å². The summed E-state index contributed by atoms with van der Waals surface area (Å²) < 4.78 is 22.1. The lowest BCUT2D eigenvalue weighted by molar-refractivity contribution is -0.277. The lowest BCUT2D eigenvalue weighted by Gasteiger charge is -2.39. The number of fused-ring (bicyclic) bond motifs is 1. The van der Waals surface area contributed by atoms with Gasteiger partial charge in [-0.15, -0.1) is 0 Å². The quantitative estimate of drug-likeness (QED) is 0.282. The Morgan fingerprint density at radius 2 is 1.73 bits per heavy atom. The molecule has 0 saturated carbocycles. The number of methoxy groups -OCH3 is 1. The molecule has 0 unspecified atom stereocenters. The summed E-state index contributed by atoms with van der Waals surface area (Å²) in [6.07, 6.45) is -7.64. The SMILES string of the molecule is COc1cc(O[C@@H]2O[C@@H](CO)[C@@H](O)[C@H](O)[C@H]2O)c2c(=O)cc(-c3ccc(O)c(O)c3)oc2c1. The molecule has 1 aromatic heterocycles. The molecule has 4 rings (SSSR count). The molecule has 1 aliphatic rings. The highest BCUT2D eigenvalue weighted by Crippen LogP contribution is 2.35. The van der Waals surface area contributed by atoms with Crippen molar-refractivity contribution in [3.8, 4) is 34.3 Å². The average molecular weight is 462 g/mol. The smallest absolute Gasteiger partial charge is 0.229 e. The second-order valence-corrected chi connectivity index (χ2v) is 7.49. The van der Waals surface area contributed by atoms with Crippen molar-refractivity contribution in [2.24, 2.45) is 0 Å². The molecule has 0 radical (unpaired) electrons. The third-order valence-electron chi connectivity index (χ3n) is 5.36. The maximum Gasteiger partial charge on any atom is 0.229 e. The van der Waals surface area contributed by atoms with Gasteiger partial charge in [-0.05, 0) is 18.2 Å². The van der Waals surface area contributed by atoms with E-state index in [1.165, 1.54) is 37.4 Å². The first-order valence-corrected chi connectivity index (χ1v) is 9.89. The van der Waals surface area contributed by atoms with E-state index < -0.39 is 48.5 Å². The number of phenols is 2. The van der Waals surface area contributed by atoms with Crippen LogP contribution >= 0.6 is 0 Å². The second-order valence-electron chi connectivity index (χ2n) is 7.49. The Morgan fingerprint density at radius 1 is 0.970 bits per heavy atom. The number of aromatic hydroxyl groups is 2. The molecule has 2 heterocycles. The molecule has 176 valence electrons. The van der Waals surface area contributed by atoms with Gasteiger partial charge in [0.15, 0.2) is 16.9 Å². The van der Waals surface area contributed by atoms with Crippen molar-refractivity contribution in [1.82, 2.24) is 0 Å². The van der Waals surface area contributed by atoms with E-state index in [0.29, 0.717) is 5.56 Å². The van der Waals surface area contributed by atoms with E-state index in [1.807, 2.05) is 0 Å². The van der Waals surface area contributed by atoms with Gasteiger partial charge in [-0.1, -0.05) is 0 Å². The number of hydrogen-bond acceptors (Lipinski definition) is 11. The first-order chi connectivity index (χ1) is 15.7. The van der Waals surface area contributed by atoms with Crippen LogP contribution in [0.1, 0.15) is 0 Å². The first-order valence-electron chi connectivity index (χ1n) is 9.89. The third-order valence-corrected chi connectivity index (χ3v) is 5.36. The van der Waals surface area contributed by atoms with Crippen LogP contribution < -0.4 is 14.9 Å². The summed E-state index contributed by atoms with van der Waals surface area (Å²) in [6.45, 7) is -0.644. The number of ether oxygens (including phenoxy) is 3. The number of rotatable bonds is 5. The van der Waals surface area contributed by atoms with E-state index in [1.54, 1.807) is 0 Å². The highest BCUT2D eigenvalue weighted by Gasteiger charge is 2.45. The maximum absolute atomic E-state index is 13.0. The van der Waals surface area contributed by atoms with Gasteiger partial charge >= 0.3 is 0 Å². The van der Waals surface area contributed by atoms with Gasteiger partial charge in [0.2, 0.25) is 6.29 Å². The van der Waals surface area contributed by atoms with E-state index in [2.05, 4.69) is 0 Å². The number of hydrogen-bond donors (Lipinski definition) is 6. The third kappa shape index (κ3) is 4.19. The Bertz CT molecular complexity index is 1220. The monoisotopic (exact) mass is 462 g/mol. The highest BCUT2D eigenvalue weighted by molar-refractivity contribution is 5.86. The van der Waals surface area contributed by atoms with E-state index >= 15 is 0 Å². The molecule has 5 atom stereocenters.